The summed E-state index contributed by atoms with van der Waals surface area (Å²) in [7, 11) is 0. The van der Waals surface area contributed by atoms with Crippen LogP contribution >= 0.6 is 0 Å². The van der Waals surface area contributed by atoms with Crippen LogP contribution in [0.2, 0.25) is 0 Å². The highest BCUT2D eigenvalue weighted by Gasteiger charge is 2.23. The third kappa shape index (κ3) is 5.84. The van der Waals surface area contributed by atoms with Crippen LogP contribution in [-0.4, -0.2) is 29.3 Å². The maximum absolute atomic E-state index is 12.2. The number of nitrogens with zero attached hydrogens (tertiary/aromatic N) is 2. The average Bonchev–Trinajstić information content (AvgIpc) is 3.62. The number of rotatable bonds is 9. The summed E-state index contributed by atoms with van der Waals surface area (Å²) in [6, 6.07) is 10.0. The number of pyridine rings is 1. The van der Waals surface area contributed by atoms with E-state index in [1.807, 2.05) is 77.2 Å². The summed E-state index contributed by atoms with van der Waals surface area (Å²) in [6.07, 6.45) is 7.91. The average molecular weight is 433 g/mol. The van der Waals surface area contributed by atoms with Crippen molar-refractivity contribution in [3.8, 4) is 11.1 Å². The number of aryl methyl sites for hydroxylation is 1. The van der Waals surface area contributed by atoms with Crippen LogP contribution in [0.25, 0.3) is 11.1 Å². The van der Waals surface area contributed by atoms with Gasteiger partial charge in [0.1, 0.15) is 11.6 Å². The van der Waals surface area contributed by atoms with E-state index in [2.05, 4.69) is 26.9 Å². The van der Waals surface area contributed by atoms with Gasteiger partial charge in [-0.2, -0.15) is 5.10 Å². The zero-order valence-electron chi connectivity index (χ0n) is 19.5. The Morgan fingerprint density at radius 3 is 2.47 bits per heavy atom. The van der Waals surface area contributed by atoms with Gasteiger partial charge in [-0.1, -0.05) is 18.2 Å². The molecule has 168 valence electrons. The van der Waals surface area contributed by atoms with Gasteiger partial charge in [0.25, 0.3) is 5.91 Å². The van der Waals surface area contributed by atoms with Gasteiger partial charge in [-0.3, -0.25) is 10.2 Å². The molecule has 1 aromatic heterocycles. The maximum atomic E-state index is 12.2. The predicted molar refractivity (Wildman–Crippen MR) is 131 cm³/mol. The Morgan fingerprint density at radius 1 is 1.19 bits per heavy atom. The molecule has 6 heteroatoms. The number of hydrogen-bond acceptors (Lipinski definition) is 5. The lowest BCUT2D eigenvalue weighted by Gasteiger charge is -2.13. The van der Waals surface area contributed by atoms with Crippen molar-refractivity contribution < 1.29 is 9.53 Å². The van der Waals surface area contributed by atoms with Crippen molar-refractivity contribution >= 4 is 17.4 Å². The van der Waals surface area contributed by atoms with Crippen LogP contribution in [0.4, 0.5) is 5.82 Å². The fraction of sp³-hybridized carbons (Fsp3) is 0.346. The number of aromatic nitrogens is 1. The molecule has 1 aliphatic carbocycles. The molecule has 6 nitrogen and oxygen atoms in total. The standard InChI is InChI=1S/C26H32N4O2/c1-6-23(24(7-2)32-8-3)18(5)29-30-25-17(4)15-21(16-27-25)19-9-11-20(12-10-19)26(31)28-22-13-14-22/h6-7,9-12,15-16,22H,8,13-14H2,1-5H3,(H,27,30)(H,28,31)/b23-6-,24-7+,29-18+. The van der Waals surface area contributed by atoms with Crippen LogP contribution in [0.1, 0.15) is 56.5 Å². The van der Waals surface area contributed by atoms with E-state index >= 15 is 0 Å². The molecule has 1 amide bonds. The molecule has 1 saturated carbocycles. The number of hydrazone groups is 1. The van der Waals surface area contributed by atoms with Gasteiger partial charge in [0.05, 0.1) is 12.3 Å². The van der Waals surface area contributed by atoms with E-state index in [0.717, 1.165) is 46.6 Å². The summed E-state index contributed by atoms with van der Waals surface area (Å²) in [5.74, 6) is 1.50. The number of allylic oxidation sites excluding steroid dienone is 3. The number of anilines is 1. The molecule has 1 aromatic carbocycles. The predicted octanol–water partition coefficient (Wildman–Crippen LogP) is 5.62. The minimum Gasteiger partial charge on any atom is -0.494 e. The Morgan fingerprint density at radius 2 is 1.91 bits per heavy atom. The highest BCUT2D eigenvalue weighted by Crippen LogP contribution is 2.24. The lowest BCUT2D eigenvalue weighted by molar-refractivity contribution is 0.0951. The lowest BCUT2D eigenvalue weighted by Crippen LogP contribution is -2.25. The monoisotopic (exact) mass is 432 g/mol. The second kappa shape index (κ2) is 10.8. The first-order chi connectivity index (χ1) is 15.5. The van der Waals surface area contributed by atoms with Crippen LogP contribution in [0.15, 0.2) is 65.1 Å². The van der Waals surface area contributed by atoms with E-state index in [4.69, 9.17) is 4.74 Å². The van der Waals surface area contributed by atoms with Gasteiger partial charge in [-0.05, 0) is 82.9 Å². The van der Waals surface area contributed by atoms with Crippen LogP contribution in [0, 0.1) is 6.92 Å². The third-order valence-electron chi connectivity index (χ3n) is 5.31. The van der Waals surface area contributed by atoms with Gasteiger partial charge in [-0.15, -0.1) is 0 Å². The number of ether oxygens (including phenoxy) is 1. The Bertz CT molecular complexity index is 1050. The number of carbonyl (C=O) groups is 1. The second-order valence-corrected chi connectivity index (χ2v) is 7.81. The normalized spacial score (nSPS) is 14.8. The second-order valence-electron chi connectivity index (χ2n) is 7.81. The summed E-state index contributed by atoms with van der Waals surface area (Å²) in [6.45, 7) is 10.4. The van der Waals surface area contributed by atoms with Crippen molar-refractivity contribution in [2.24, 2.45) is 5.10 Å². The van der Waals surface area contributed by atoms with E-state index in [-0.39, 0.29) is 5.91 Å². The van der Waals surface area contributed by atoms with Crippen LogP contribution in [0.3, 0.4) is 0 Å². The van der Waals surface area contributed by atoms with Crippen molar-refractivity contribution in [2.45, 2.75) is 53.5 Å². The fourth-order valence-electron chi connectivity index (χ4n) is 3.36. The zero-order valence-corrected chi connectivity index (χ0v) is 19.5. The molecule has 0 spiro atoms. The summed E-state index contributed by atoms with van der Waals surface area (Å²) < 4.78 is 5.69. The van der Waals surface area contributed by atoms with Gasteiger partial charge < -0.3 is 10.1 Å². The Kier molecular flexibility index (Phi) is 7.82. The van der Waals surface area contributed by atoms with E-state index < -0.39 is 0 Å². The molecule has 1 fully saturated rings. The van der Waals surface area contributed by atoms with Crippen LogP contribution in [-0.2, 0) is 4.74 Å². The largest absolute Gasteiger partial charge is 0.494 e. The minimum absolute atomic E-state index is 0.00737. The molecule has 1 heterocycles. The van der Waals surface area contributed by atoms with Crippen LogP contribution < -0.4 is 10.7 Å². The molecule has 0 unspecified atom stereocenters. The Balaban J connectivity index is 1.70. The lowest BCUT2D eigenvalue weighted by atomic mass is 10.0. The topological polar surface area (TPSA) is 75.6 Å². The molecule has 3 rings (SSSR count). The smallest absolute Gasteiger partial charge is 0.251 e. The number of benzene rings is 1. The molecule has 32 heavy (non-hydrogen) atoms. The summed E-state index contributed by atoms with van der Waals surface area (Å²) >= 11 is 0. The van der Waals surface area contributed by atoms with Gasteiger partial charge >= 0.3 is 0 Å². The maximum Gasteiger partial charge on any atom is 0.251 e. The van der Waals surface area contributed by atoms with Crippen molar-refractivity contribution in [3.05, 3.63) is 71.1 Å². The minimum atomic E-state index is -0.00737. The highest BCUT2D eigenvalue weighted by atomic mass is 16.5. The van der Waals surface area contributed by atoms with Gasteiger partial charge in [0.2, 0.25) is 0 Å². The molecular weight excluding hydrogens is 400 g/mol. The van der Waals surface area contributed by atoms with Crippen molar-refractivity contribution in [2.75, 3.05) is 12.0 Å². The first-order valence-corrected chi connectivity index (χ1v) is 11.1. The van der Waals surface area contributed by atoms with E-state index in [1.54, 1.807) is 0 Å². The molecule has 0 bridgehead atoms. The summed E-state index contributed by atoms with van der Waals surface area (Å²) in [5, 5.41) is 7.52. The van der Waals surface area contributed by atoms with Crippen molar-refractivity contribution in [1.82, 2.24) is 10.3 Å². The Labute approximate surface area is 190 Å². The first kappa shape index (κ1) is 23.3. The third-order valence-corrected chi connectivity index (χ3v) is 5.31. The number of nitrogens with one attached hydrogen (secondary N) is 2. The quantitative estimate of drug-likeness (QED) is 0.233. The SMILES string of the molecule is C/C=C(C(=C/C)\OCC)/C(C)=N/Nc1ncc(-c2ccc(C(=O)NC3CC3)cc2)cc1C. The Hall–Kier alpha value is -3.41. The van der Waals surface area contributed by atoms with E-state index in [9.17, 15) is 4.79 Å². The molecule has 1 aliphatic rings. The van der Waals surface area contributed by atoms with Gasteiger partial charge in [0.15, 0.2) is 0 Å². The van der Waals surface area contributed by atoms with Crippen molar-refractivity contribution in [1.29, 1.82) is 0 Å². The molecule has 2 N–H and O–H groups in total. The van der Waals surface area contributed by atoms with E-state index in [1.165, 1.54) is 0 Å². The van der Waals surface area contributed by atoms with Gasteiger partial charge in [-0.25, -0.2) is 4.98 Å². The van der Waals surface area contributed by atoms with Crippen molar-refractivity contribution in [3.63, 3.8) is 0 Å². The molecule has 2 aromatic rings. The molecular formula is C26H32N4O2. The number of hydrogen-bond donors (Lipinski definition) is 2. The van der Waals surface area contributed by atoms with E-state index in [0.29, 0.717) is 24.0 Å². The fourth-order valence-corrected chi connectivity index (χ4v) is 3.36. The highest BCUT2D eigenvalue weighted by molar-refractivity contribution is 6.01. The summed E-state index contributed by atoms with van der Waals surface area (Å²) in [5.41, 5.74) is 8.51. The molecule has 0 saturated heterocycles. The number of amides is 1. The summed E-state index contributed by atoms with van der Waals surface area (Å²) in [4.78, 5) is 16.7. The first-order valence-electron chi connectivity index (χ1n) is 11.1. The van der Waals surface area contributed by atoms with Gasteiger partial charge in [0, 0.05) is 28.9 Å². The molecule has 0 radical (unpaired) electrons. The number of carbonyl (C=O) groups excluding carboxylic acids is 1. The molecule has 0 atom stereocenters. The zero-order chi connectivity index (χ0) is 23.1. The molecule has 0 aliphatic heterocycles. The van der Waals surface area contributed by atoms with Crippen LogP contribution in [0.5, 0.6) is 0 Å².